The molecule has 0 saturated heterocycles. The zero-order chi connectivity index (χ0) is 16.4. The van der Waals surface area contributed by atoms with Gasteiger partial charge in [0, 0.05) is 0 Å². The molecule has 0 bridgehead atoms. The van der Waals surface area contributed by atoms with Gasteiger partial charge in [-0.2, -0.15) is 0 Å². The van der Waals surface area contributed by atoms with Crippen molar-refractivity contribution in [3.63, 3.8) is 0 Å². The van der Waals surface area contributed by atoms with Gasteiger partial charge in [0.1, 0.15) is 0 Å². The summed E-state index contributed by atoms with van der Waals surface area (Å²) in [7, 11) is 0. The van der Waals surface area contributed by atoms with E-state index in [-0.39, 0.29) is 19.6 Å². The number of rotatable bonds is 7. The van der Waals surface area contributed by atoms with Crippen LogP contribution in [-0.2, 0) is 25.5 Å². The molecule has 22 heavy (non-hydrogen) atoms. The van der Waals surface area contributed by atoms with Gasteiger partial charge >= 0.3 is 11.9 Å². The third-order valence-electron chi connectivity index (χ3n) is 3.22. The van der Waals surface area contributed by atoms with E-state index >= 15 is 0 Å². The third kappa shape index (κ3) is 4.36. The summed E-state index contributed by atoms with van der Waals surface area (Å²) in [6, 6.07) is 9.63. The van der Waals surface area contributed by atoms with Gasteiger partial charge in [-0.25, -0.2) is 9.59 Å². The van der Waals surface area contributed by atoms with E-state index in [4.69, 9.17) is 9.47 Å². The first-order valence-corrected chi connectivity index (χ1v) is 7.43. The second-order valence-corrected chi connectivity index (χ2v) is 4.71. The molecule has 0 aromatic heterocycles. The van der Waals surface area contributed by atoms with E-state index in [9.17, 15) is 9.59 Å². The van der Waals surface area contributed by atoms with Gasteiger partial charge in [0.2, 0.25) is 5.41 Å². The van der Waals surface area contributed by atoms with Gasteiger partial charge in [0.15, 0.2) is 0 Å². The topological polar surface area (TPSA) is 52.6 Å². The maximum atomic E-state index is 12.4. The van der Waals surface area contributed by atoms with Crippen LogP contribution in [0.15, 0.2) is 30.3 Å². The van der Waals surface area contributed by atoms with E-state index in [0.717, 1.165) is 5.56 Å². The van der Waals surface area contributed by atoms with Gasteiger partial charge in [-0.3, -0.25) is 0 Å². The quantitative estimate of drug-likeness (QED) is 0.441. The molecule has 0 aliphatic heterocycles. The number of esters is 2. The van der Waals surface area contributed by atoms with Gasteiger partial charge in [-0.15, -0.1) is 5.92 Å². The molecule has 0 aliphatic rings. The summed E-state index contributed by atoms with van der Waals surface area (Å²) in [5.41, 5.74) is -0.533. The number of hydrogen-bond acceptors (Lipinski definition) is 4. The van der Waals surface area contributed by atoms with Crippen molar-refractivity contribution in [1.82, 2.24) is 0 Å². The maximum absolute atomic E-state index is 12.4. The Morgan fingerprint density at radius 1 is 1.05 bits per heavy atom. The molecular weight excluding hydrogens is 280 g/mol. The zero-order valence-electron chi connectivity index (χ0n) is 13.3. The predicted octanol–water partition coefficient (Wildman–Crippen LogP) is 2.76. The Bertz CT molecular complexity index is 533. The molecule has 4 nitrogen and oxygen atoms in total. The molecule has 1 aromatic carbocycles. The van der Waals surface area contributed by atoms with Crippen LogP contribution in [-0.4, -0.2) is 25.2 Å². The molecular formula is C18H22O4. The van der Waals surface area contributed by atoms with Crippen molar-refractivity contribution in [3.8, 4) is 11.8 Å². The summed E-state index contributed by atoms with van der Waals surface area (Å²) in [6.07, 6.45) is 0.767. The van der Waals surface area contributed by atoms with Crippen molar-refractivity contribution < 1.29 is 19.1 Å². The van der Waals surface area contributed by atoms with Crippen LogP contribution < -0.4 is 0 Å². The molecule has 0 heterocycles. The molecule has 0 atom stereocenters. The van der Waals surface area contributed by atoms with Gasteiger partial charge < -0.3 is 9.47 Å². The van der Waals surface area contributed by atoms with Crippen molar-refractivity contribution in [3.05, 3.63) is 35.9 Å². The largest absolute Gasteiger partial charge is 0.464 e. The fourth-order valence-corrected chi connectivity index (χ4v) is 2.15. The summed E-state index contributed by atoms with van der Waals surface area (Å²) in [5.74, 6) is 4.13. The van der Waals surface area contributed by atoms with Crippen LogP contribution in [0.1, 0.15) is 32.8 Å². The average Bonchev–Trinajstić information content (AvgIpc) is 2.53. The van der Waals surface area contributed by atoms with Crippen LogP contribution in [0.5, 0.6) is 0 Å². The Morgan fingerprint density at radius 2 is 1.59 bits per heavy atom. The molecule has 1 aromatic rings. The fraction of sp³-hybridized carbons (Fsp3) is 0.444. The summed E-state index contributed by atoms with van der Waals surface area (Å²) in [6.45, 7) is 5.37. The molecule has 0 amide bonds. The highest BCUT2D eigenvalue weighted by Gasteiger charge is 2.47. The second-order valence-electron chi connectivity index (χ2n) is 4.71. The lowest BCUT2D eigenvalue weighted by molar-refractivity contribution is -0.167. The highest BCUT2D eigenvalue weighted by atomic mass is 16.6. The van der Waals surface area contributed by atoms with E-state index in [2.05, 4.69) is 11.8 Å². The minimum Gasteiger partial charge on any atom is -0.464 e. The minimum absolute atomic E-state index is 0.191. The lowest BCUT2D eigenvalue weighted by Gasteiger charge is -2.24. The number of carbonyl (C=O) groups excluding carboxylic acids is 2. The van der Waals surface area contributed by atoms with E-state index in [1.54, 1.807) is 20.8 Å². The van der Waals surface area contributed by atoms with Crippen LogP contribution in [0.3, 0.4) is 0 Å². The molecule has 0 fully saturated rings. The third-order valence-corrected chi connectivity index (χ3v) is 3.22. The van der Waals surface area contributed by atoms with Crippen molar-refractivity contribution in [2.24, 2.45) is 5.41 Å². The van der Waals surface area contributed by atoms with Crippen LogP contribution in [0, 0.1) is 17.3 Å². The highest BCUT2D eigenvalue weighted by Crippen LogP contribution is 2.28. The smallest absolute Gasteiger partial charge is 0.335 e. The molecule has 0 aliphatic carbocycles. The number of hydrogen-bond donors (Lipinski definition) is 0. The predicted molar refractivity (Wildman–Crippen MR) is 83.9 cm³/mol. The van der Waals surface area contributed by atoms with Crippen LogP contribution in [0.2, 0.25) is 0 Å². The minimum atomic E-state index is -1.56. The summed E-state index contributed by atoms with van der Waals surface area (Å²) in [5, 5.41) is 0. The average molecular weight is 302 g/mol. The van der Waals surface area contributed by atoms with Gasteiger partial charge in [-0.1, -0.05) is 36.3 Å². The van der Waals surface area contributed by atoms with Crippen molar-refractivity contribution >= 4 is 11.9 Å². The normalized spacial score (nSPS) is 10.3. The number of aryl methyl sites for hydroxylation is 1. The molecule has 4 heteroatoms. The lowest BCUT2D eigenvalue weighted by atomic mass is 9.82. The molecule has 118 valence electrons. The lowest BCUT2D eigenvalue weighted by Crippen LogP contribution is -2.41. The van der Waals surface area contributed by atoms with Gasteiger partial charge in [-0.05, 0) is 39.2 Å². The fourth-order valence-electron chi connectivity index (χ4n) is 2.15. The molecule has 0 N–H and O–H groups in total. The Balaban J connectivity index is 3.08. The first kappa shape index (κ1) is 17.8. The maximum Gasteiger partial charge on any atom is 0.335 e. The Labute approximate surface area is 131 Å². The van der Waals surface area contributed by atoms with E-state index < -0.39 is 17.4 Å². The summed E-state index contributed by atoms with van der Waals surface area (Å²) >= 11 is 0. The second kappa shape index (κ2) is 8.89. The molecule has 0 saturated carbocycles. The number of carbonyl (C=O) groups is 2. The standard InChI is InChI=1S/C18H22O4/c1-4-13-18(16(19)21-5-2,17(20)22-6-3)14-12-15-10-8-7-9-11-15/h7-11H,5-6,12,14H2,1-3H3. The number of ether oxygens (including phenoxy) is 2. The van der Waals surface area contributed by atoms with Crippen molar-refractivity contribution in [1.29, 1.82) is 0 Å². The molecule has 0 radical (unpaired) electrons. The molecule has 0 unspecified atom stereocenters. The van der Waals surface area contributed by atoms with Gasteiger partial charge in [0.25, 0.3) is 0 Å². The monoisotopic (exact) mass is 302 g/mol. The van der Waals surface area contributed by atoms with E-state index in [1.807, 2.05) is 30.3 Å². The van der Waals surface area contributed by atoms with E-state index in [0.29, 0.717) is 6.42 Å². The Hall–Kier alpha value is -2.28. The van der Waals surface area contributed by atoms with E-state index in [1.165, 1.54) is 0 Å². The Kier molecular flexibility index (Phi) is 7.18. The first-order valence-electron chi connectivity index (χ1n) is 7.43. The zero-order valence-corrected chi connectivity index (χ0v) is 13.3. The number of benzene rings is 1. The van der Waals surface area contributed by atoms with Crippen LogP contribution in [0.25, 0.3) is 0 Å². The summed E-state index contributed by atoms with van der Waals surface area (Å²) < 4.78 is 10.1. The summed E-state index contributed by atoms with van der Waals surface area (Å²) in [4.78, 5) is 24.7. The Morgan fingerprint density at radius 3 is 2.05 bits per heavy atom. The first-order chi connectivity index (χ1) is 10.6. The van der Waals surface area contributed by atoms with Crippen LogP contribution in [0.4, 0.5) is 0 Å². The molecule has 1 rings (SSSR count). The van der Waals surface area contributed by atoms with Gasteiger partial charge in [0.05, 0.1) is 13.2 Å². The van der Waals surface area contributed by atoms with Crippen LogP contribution >= 0.6 is 0 Å². The van der Waals surface area contributed by atoms with Crippen molar-refractivity contribution in [2.45, 2.75) is 33.6 Å². The SMILES string of the molecule is CC#CC(CCc1ccccc1)(C(=O)OCC)C(=O)OCC. The van der Waals surface area contributed by atoms with Crippen molar-refractivity contribution in [2.75, 3.05) is 13.2 Å². The highest BCUT2D eigenvalue weighted by molar-refractivity contribution is 6.03. The molecule has 0 spiro atoms.